The molecule has 1 saturated heterocycles. The average Bonchev–Trinajstić information content (AvgIpc) is 3.18. The highest BCUT2D eigenvalue weighted by Gasteiger charge is 2.31. The molecule has 0 atom stereocenters. The maximum Gasteiger partial charge on any atom is 0.197 e. The van der Waals surface area contributed by atoms with E-state index in [1.807, 2.05) is 18.4 Å². The van der Waals surface area contributed by atoms with Crippen molar-refractivity contribution in [3.63, 3.8) is 0 Å². The lowest BCUT2D eigenvalue weighted by molar-refractivity contribution is 0.0820. The van der Waals surface area contributed by atoms with Crippen molar-refractivity contribution in [2.75, 3.05) is 33.2 Å². The van der Waals surface area contributed by atoms with Crippen LogP contribution in [0, 0.1) is 0 Å². The molecule has 0 unspecified atom stereocenters. The summed E-state index contributed by atoms with van der Waals surface area (Å²) in [7, 11) is 2.17. The van der Waals surface area contributed by atoms with Gasteiger partial charge in [0, 0.05) is 44.3 Å². The van der Waals surface area contributed by atoms with Crippen LogP contribution < -0.4 is 0 Å². The predicted molar refractivity (Wildman–Crippen MR) is 119 cm³/mol. The summed E-state index contributed by atoms with van der Waals surface area (Å²) in [5, 5.41) is 29.1. The molecule has 168 valence electrons. The molecular formula is C23H33N5O3. The maximum atomic E-state index is 11.7. The van der Waals surface area contributed by atoms with Crippen LogP contribution in [0.4, 0.5) is 0 Å². The highest BCUT2D eigenvalue weighted by atomic mass is 16.3. The number of likely N-dealkylation sites (N-methyl/N-ethyl adjacent to an activating group) is 1. The normalized spacial score (nSPS) is 23.4. The molecule has 4 rings (SSSR count). The summed E-state index contributed by atoms with van der Waals surface area (Å²) in [5.41, 5.74) is 1.23. The number of benzene rings is 1. The molecule has 1 saturated carbocycles. The Morgan fingerprint density at radius 2 is 1.61 bits per heavy atom. The van der Waals surface area contributed by atoms with Crippen LogP contribution in [0.25, 0.3) is 11.4 Å². The first kappa shape index (κ1) is 21.8. The minimum Gasteiger partial charge on any atom is -0.508 e. The first-order valence-electron chi connectivity index (χ1n) is 11.3. The molecule has 0 bridgehead atoms. The number of hydrogen-bond donors (Lipinski definition) is 2. The van der Waals surface area contributed by atoms with Crippen LogP contribution in [0.2, 0.25) is 0 Å². The average molecular weight is 428 g/mol. The van der Waals surface area contributed by atoms with Crippen molar-refractivity contribution < 1.29 is 15.0 Å². The molecule has 2 heterocycles. The largest absolute Gasteiger partial charge is 0.508 e. The summed E-state index contributed by atoms with van der Waals surface area (Å²) in [5.74, 6) is 0.867. The van der Waals surface area contributed by atoms with Gasteiger partial charge in [0.15, 0.2) is 17.9 Å². The Balaban J connectivity index is 1.59. The van der Waals surface area contributed by atoms with Crippen molar-refractivity contribution in [1.82, 2.24) is 24.6 Å². The monoisotopic (exact) mass is 427 g/mol. The fraction of sp³-hybridized carbons (Fsp3) is 0.609. The Morgan fingerprint density at radius 3 is 2.23 bits per heavy atom. The Hall–Kier alpha value is -2.45. The fourth-order valence-electron chi connectivity index (χ4n) is 5.03. The molecule has 2 aromatic rings. The summed E-state index contributed by atoms with van der Waals surface area (Å²) in [6.07, 6.45) is 4.77. The minimum absolute atomic E-state index is 0.0564. The number of carbonyl (C=O) groups excluding carboxylic acids is 1. The van der Waals surface area contributed by atoms with E-state index in [1.165, 1.54) is 6.07 Å². The number of hydrogen-bond acceptors (Lipinski definition) is 7. The fourth-order valence-corrected chi connectivity index (χ4v) is 5.03. The van der Waals surface area contributed by atoms with Gasteiger partial charge in [0.05, 0.1) is 5.56 Å². The van der Waals surface area contributed by atoms with E-state index < -0.39 is 0 Å². The topological polar surface area (TPSA) is 94.7 Å². The lowest BCUT2D eigenvalue weighted by atomic mass is 9.89. The minimum atomic E-state index is -0.0564. The van der Waals surface area contributed by atoms with Crippen LogP contribution in [0.1, 0.15) is 67.7 Å². The molecule has 0 amide bonds. The van der Waals surface area contributed by atoms with Crippen molar-refractivity contribution in [3.8, 4) is 22.9 Å². The van der Waals surface area contributed by atoms with Crippen LogP contribution in [-0.4, -0.2) is 80.3 Å². The Kier molecular flexibility index (Phi) is 6.29. The summed E-state index contributed by atoms with van der Waals surface area (Å²) >= 11 is 0. The van der Waals surface area contributed by atoms with E-state index in [2.05, 4.69) is 27.0 Å². The Labute approximate surface area is 183 Å². The molecule has 1 aliphatic heterocycles. The molecule has 2 aliphatic rings. The van der Waals surface area contributed by atoms with Gasteiger partial charge >= 0.3 is 0 Å². The van der Waals surface area contributed by atoms with Crippen LogP contribution in [0.15, 0.2) is 12.1 Å². The standard InChI is InChI=1S/C23H33N5O3/c1-15(2)18-12-19(21(31)13-20(18)30)23-25-24-22(14-29)28(23)17-6-4-16(5-7-17)27-10-8-26(3)9-11-27/h12-17,30-31H,4-11H2,1-3H3. The number of aromatic nitrogens is 3. The van der Waals surface area contributed by atoms with Gasteiger partial charge < -0.3 is 19.7 Å². The van der Waals surface area contributed by atoms with Crippen molar-refractivity contribution >= 4 is 6.29 Å². The Morgan fingerprint density at radius 1 is 0.968 bits per heavy atom. The molecule has 1 aliphatic carbocycles. The van der Waals surface area contributed by atoms with Gasteiger partial charge in [-0.25, -0.2) is 0 Å². The van der Waals surface area contributed by atoms with Gasteiger partial charge in [0.2, 0.25) is 0 Å². The van der Waals surface area contributed by atoms with E-state index in [1.54, 1.807) is 6.07 Å². The van der Waals surface area contributed by atoms with E-state index in [0.29, 0.717) is 17.4 Å². The van der Waals surface area contributed by atoms with Crippen LogP contribution in [0.5, 0.6) is 11.5 Å². The lowest BCUT2D eigenvalue weighted by Gasteiger charge is -2.41. The molecular weight excluding hydrogens is 394 g/mol. The zero-order valence-corrected chi connectivity index (χ0v) is 18.7. The number of rotatable bonds is 5. The third-order valence-corrected chi connectivity index (χ3v) is 6.92. The smallest absolute Gasteiger partial charge is 0.197 e. The van der Waals surface area contributed by atoms with Crippen LogP contribution >= 0.6 is 0 Å². The van der Waals surface area contributed by atoms with Gasteiger partial charge in [0.25, 0.3) is 0 Å². The Bertz CT molecular complexity index is 926. The number of aldehydes is 1. The van der Waals surface area contributed by atoms with Gasteiger partial charge in [-0.15, -0.1) is 10.2 Å². The number of phenols is 2. The first-order chi connectivity index (χ1) is 14.9. The lowest BCUT2D eigenvalue weighted by Crippen LogP contribution is -2.50. The molecule has 2 fully saturated rings. The van der Waals surface area contributed by atoms with E-state index in [-0.39, 0.29) is 29.3 Å². The number of aromatic hydroxyl groups is 2. The molecule has 1 aromatic carbocycles. The second kappa shape index (κ2) is 8.96. The van der Waals surface area contributed by atoms with Gasteiger partial charge in [-0.1, -0.05) is 13.8 Å². The zero-order chi connectivity index (χ0) is 22.1. The van der Waals surface area contributed by atoms with E-state index in [9.17, 15) is 15.0 Å². The van der Waals surface area contributed by atoms with Crippen molar-refractivity contribution in [3.05, 3.63) is 23.5 Å². The summed E-state index contributed by atoms with van der Waals surface area (Å²) < 4.78 is 1.89. The summed E-state index contributed by atoms with van der Waals surface area (Å²) in [6, 6.07) is 3.82. The number of piperazine rings is 1. The molecule has 8 nitrogen and oxygen atoms in total. The van der Waals surface area contributed by atoms with E-state index in [0.717, 1.165) is 63.7 Å². The quantitative estimate of drug-likeness (QED) is 0.708. The molecule has 0 spiro atoms. The number of phenolic OH excluding ortho intramolecular Hbond substituents is 2. The number of nitrogens with zero attached hydrogens (tertiary/aromatic N) is 5. The third-order valence-electron chi connectivity index (χ3n) is 6.92. The van der Waals surface area contributed by atoms with Crippen molar-refractivity contribution in [2.24, 2.45) is 0 Å². The van der Waals surface area contributed by atoms with Gasteiger partial charge in [-0.05, 0) is 50.3 Å². The first-order valence-corrected chi connectivity index (χ1v) is 11.3. The van der Waals surface area contributed by atoms with Gasteiger partial charge in [0.1, 0.15) is 11.5 Å². The zero-order valence-electron chi connectivity index (χ0n) is 18.7. The van der Waals surface area contributed by atoms with Crippen molar-refractivity contribution in [1.29, 1.82) is 0 Å². The second-order valence-corrected chi connectivity index (χ2v) is 9.25. The van der Waals surface area contributed by atoms with Crippen LogP contribution in [-0.2, 0) is 0 Å². The third kappa shape index (κ3) is 4.32. The SMILES string of the molecule is CC(C)c1cc(-c2nnc(C=O)n2C2CCC(N3CCN(C)CC3)CC2)c(O)cc1O. The summed E-state index contributed by atoms with van der Waals surface area (Å²) in [4.78, 5) is 16.7. The second-order valence-electron chi connectivity index (χ2n) is 9.25. The van der Waals surface area contributed by atoms with Crippen molar-refractivity contribution in [2.45, 2.75) is 57.5 Å². The predicted octanol–water partition coefficient (Wildman–Crippen LogP) is 3.02. The van der Waals surface area contributed by atoms with E-state index >= 15 is 0 Å². The van der Waals surface area contributed by atoms with Crippen LogP contribution in [0.3, 0.4) is 0 Å². The highest BCUT2D eigenvalue weighted by molar-refractivity contribution is 5.74. The number of carbonyl (C=O) groups is 1. The highest BCUT2D eigenvalue weighted by Crippen LogP contribution is 2.40. The molecule has 1 aromatic heterocycles. The molecule has 31 heavy (non-hydrogen) atoms. The van der Waals surface area contributed by atoms with Gasteiger partial charge in [-0.2, -0.15) is 0 Å². The molecule has 8 heteroatoms. The molecule has 2 N–H and O–H groups in total. The van der Waals surface area contributed by atoms with Gasteiger partial charge in [-0.3, -0.25) is 9.69 Å². The summed E-state index contributed by atoms with van der Waals surface area (Å²) in [6.45, 7) is 8.42. The maximum absolute atomic E-state index is 11.7. The molecule has 0 radical (unpaired) electrons. The van der Waals surface area contributed by atoms with E-state index in [4.69, 9.17) is 0 Å².